The largest absolute Gasteiger partial charge is 0.0720 e. The second-order valence-electron chi connectivity index (χ2n) is 15.3. The lowest BCUT2D eigenvalue weighted by atomic mass is 9.52. The minimum atomic E-state index is -0.500. The van der Waals surface area contributed by atoms with Crippen LogP contribution < -0.4 is 0 Å². The van der Waals surface area contributed by atoms with Crippen LogP contribution >= 0.6 is 0 Å². The Morgan fingerprint density at radius 3 is 1.00 bits per heavy atom. The van der Waals surface area contributed by atoms with Crippen molar-refractivity contribution in [2.75, 3.05) is 0 Å². The first-order valence-corrected chi connectivity index (χ1v) is 18.5. The Labute approximate surface area is 303 Å². The van der Waals surface area contributed by atoms with Crippen LogP contribution in [0, 0.1) is 13.8 Å². The summed E-state index contributed by atoms with van der Waals surface area (Å²) in [6.45, 7) is 4.45. The molecule has 0 bridgehead atoms. The van der Waals surface area contributed by atoms with E-state index in [9.17, 15) is 0 Å². The quantitative estimate of drug-likeness (QED) is 0.142. The highest BCUT2D eigenvalue weighted by Gasteiger charge is 2.59. The Balaban J connectivity index is 1.38. The Morgan fingerprint density at radius 2 is 0.577 bits per heavy atom. The molecular weight excluding hydrogens is 625 g/mol. The van der Waals surface area contributed by atoms with Crippen LogP contribution in [-0.2, 0) is 10.8 Å². The maximum Gasteiger partial charge on any atom is 0.0720 e. The second kappa shape index (κ2) is 9.75. The van der Waals surface area contributed by atoms with Crippen LogP contribution in [0.3, 0.4) is 0 Å². The second-order valence-corrected chi connectivity index (χ2v) is 15.3. The van der Waals surface area contributed by atoms with Gasteiger partial charge in [0.2, 0.25) is 0 Å². The summed E-state index contributed by atoms with van der Waals surface area (Å²) in [5.41, 5.74) is 18.0. The van der Waals surface area contributed by atoms with Gasteiger partial charge in [-0.2, -0.15) is 0 Å². The van der Waals surface area contributed by atoms with E-state index in [1.807, 2.05) is 0 Å². The van der Waals surface area contributed by atoms with Crippen LogP contribution in [0.5, 0.6) is 0 Å². The first kappa shape index (κ1) is 28.5. The van der Waals surface area contributed by atoms with Crippen molar-refractivity contribution in [2.24, 2.45) is 0 Å². The highest BCUT2D eigenvalue weighted by molar-refractivity contribution is 6.26. The average molecular weight is 659 g/mol. The molecule has 0 aliphatic heterocycles. The molecule has 0 heterocycles. The third-order valence-electron chi connectivity index (χ3n) is 12.8. The van der Waals surface area contributed by atoms with Gasteiger partial charge in [0.25, 0.3) is 0 Å². The van der Waals surface area contributed by atoms with Gasteiger partial charge in [-0.15, -0.1) is 0 Å². The zero-order valence-corrected chi connectivity index (χ0v) is 29.2. The van der Waals surface area contributed by atoms with E-state index in [1.165, 1.54) is 110 Å². The molecule has 12 rings (SSSR count). The van der Waals surface area contributed by atoms with Crippen LogP contribution in [0.2, 0.25) is 0 Å². The van der Waals surface area contributed by atoms with Crippen LogP contribution in [0.1, 0.15) is 55.6 Å². The molecule has 0 aromatic heterocycles. The van der Waals surface area contributed by atoms with Gasteiger partial charge in [0, 0.05) is 0 Å². The molecule has 9 aromatic rings. The molecule has 2 spiro atoms. The minimum absolute atomic E-state index is 0.500. The molecule has 0 saturated carbocycles. The third kappa shape index (κ3) is 3.17. The predicted octanol–water partition coefficient (Wildman–Crippen LogP) is 12.8. The van der Waals surface area contributed by atoms with Gasteiger partial charge < -0.3 is 0 Å². The van der Waals surface area contributed by atoms with Crippen molar-refractivity contribution >= 4 is 32.3 Å². The molecule has 3 aliphatic rings. The molecule has 242 valence electrons. The van der Waals surface area contributed by atoms with Gasteiger partial charge in [-0.3, -0.25) is 0 Å². The summed E-state index contributed by atoms with van der Waals surface area (Å²) in [7, 11) is 0. The lowest BCUT2D eigenvalue weighted by Gasteiger charge is -2.49. The van der Waals surface area contributed by atoms with E-state index >= 15 is 0 Å². The smallest absolute Gasteiger partial charge is 0.0619 e. The van der Waals surface area contributed by atoms with Crippen molar-refractivity contribution < 1.29 is 0 Å². The fourth-order valence-corrected chi connectivity index (χ4v) is 11.0. The Bertz CT molecular complexity index is 2840. The molecule has 9 aromatic carbocycles. The van der Waals surface area contributed by atoms with Gasteiger partial charge >= 0.3 is 0 Å². The fourth-order valence-electron chi connectivity index (χ4n) is 11.0. The molecule has 2 unspecified atom stereocenters. The van der Waals surface area contributed by atoms with E-state index in [4.69, 9.17) is 0 Å². The first-order valence-electron chi connectivity index (χ1n) is 18.5. The van der Waals surface area contributed by atoms with E-state index in [0.29, 0.717) is 0 Å². The Kier molecular flexibility index (Phi) is 5.34. The zero-order chi connectivity index (χ0) is 34.3. The van der Waals surface area contributed by atoms with E-state index in [2.05, 4.69) is 184 Å². The predicted molar refractivity (Wildman–Crippen MR) is 217 cm³/mol. The number of fused-ring (bicyclic) bond motifs is 22. The molecule has 0 nitrogen and oxygen atoms in total. The van der Waals surface area contributed by atoms with Gasteiger partial charge in [-0.05, 0) is 125 Å². The lowest BCUT2D eigenvalue weighted by Crippen LogP contribution is -2.43. The summed E-state index contributed by atoms with van der Waals surface area (Å²) < 4.78 is 0. The van der Waals surface area contributed by atoms with E-state index in [-0.39, 0.29) is 0 Å². The van der Waals surface area contributed by atoms with Crippen molar-refractivity contribution in [3.05, 3.63) is 225 Å². The summed E-state index contributed by atoms with van der Waals surface area (Å²) >= 11 is 0. The van der Waals surface area contributed by atoms with Crippen LogP contribution in [0.25, 0.3) is 54.6 Å². The zero-order valence-electron chi connectivity index (χ0n) is 29.2. The monoisotopic (exact) mass is 658 g/mol. The van der Waals surface area contributed by atoms with E-state index < -0.39 is 10.8 Å². The lowest BCUT2D eigenvalue weighted by molar-refractivity contribution is 0.634. The van der Waals surface area contributed by atoms with Gasteiger partial charge in [-0.25, -0.2) is 0 Å². The van der Waals surface area contributed by atoms with Gasteiger partial charge in [0.05, 0.1) is 10.8 Å². The summed E-state index contributed by atoms with van der Waals surface area (Å²) in [4.78, 5) is 0. The summed E-state index contributed by atoms with van der Waals surface area (Å²) in [5.74, 6) is 0. The fraction of sp³-hybridized carbons (Fsp3) is 0.0769. The summed E-state index contributed by atoms with van der Waals surface area (Å²) in [5, 5.41) is 7.85. The Morgan fingerprint density at radius 1 is 0.250 bits per heavy atom. The van der Waals surface area contributed by atoms with Crippen molar-refractivity contribution in [3.8, 4) is 22.3 Å². The maximum absolute atomic E-state index is 2.62. The van der Waals surface area contributed by atoms with Crippen LogP contribution in [-0.4, -0.2) is 0 Å². The van der Waals surface area contributed by atoms with E-state index in [0.717, 1.165) is 0 Å². The van der Waals surface area contributed by atoms with Gasteiger partial charge in [0.1, 0.15) is 0 Å². The number of hydrogen-bond acceptors (Lipinski definition) is 0. The average Bonchev–Trinajstić information content (AvgIpc) is 3.64. The molecule has 0 heteroatoms. The number of hydrogen-bond donors (Lipinski definition) is 0. The van der Waals surface area contributed by atoms with Crippen molar-refractivity contribution in [2.45, 2.75) is 24.7 Å². The van der Waals surface area contributed by atoms with Crippen LogP contribution in [0.15, 0.2) is 170 Å². The van der Waals surface area contributed by atoms with Gasteiger partial charge in [0.15, 0.2) is 0 Å². The first-order chi connectivity index (χ1) is 25.6. The molecule has 0 saturated heterocycles. The molecule has 2 atom stereocenters. The molecule has 0 amide bonds. The van der Waals surface area contributed by atoms with Crippen LogP contribution in [0.4, 0.5) is 0 Å². The maximum atomic E-state index is 2.62. The molecule has 52 heavy (non-hydrogen) atoms. The molecular formula is C52H34. The minimum Gasteiger partial charge on any atom is -0.0619 e. The highest BCUT2D eigenvalue weighted by atomic mass is 14.6. The van der Waals surface area contributed by atoms with Crippen molar-refractivity contribution in [1.82, 2.24) is 0 Å². The van der Waals surface area contributed by atoms with Crippen molar-refractivity contribution in [1.29, 1.82) is 0 Å². The molecule has 0 fully saturated rings. The van der Waals surface area contributed by atoms with E-state index in [1.54, 1.807) is 0 Å². The molecule has 3 aliphatic carbocycles. The highest BCUT2D eigenvalue weighted by Crippen LogP contribution is 2.68. The summed E-state index contributed by atoms with van der Waals surface area (Å²) in [6, 6.07) is 65.5. The number of benzene rings is 9. The molecule has 0 N–H and O–H groups in total. The number of aryl methyl sites for hydroxylation is 2. The molecule has 0 radical (unpaired) electrons. The topological polar surface area (TPSA) is 0 Å². The summed E-state index contributed by atoms with van der Waals surface area (Å²) in [6.07, 6.45) is 0. The van der Waals surface area contributed by atoms with Crippen molar-refractivity contribution in [3.63, 3.8) is 0 Å². The SMILES string of the molecule is Cc1ccc2c(c1)-c1ccccc1C21c2ccccc2C2(c3ccccc3-c3cc(C)ccc32)c2cc3c4ccccc4c4ccccc4c3cc21. The van der Waals surface area contributed by atoms with Gasteiger partial charge in [-0.1, -0.05) is 169 Å². The third-order valence-corrected chi connectivity index (χ3v) is 12.8. The number of rotatable bonds is 0. The Hall–Kier alpha value is -6.24. The normalized spacial score (nSPS) is 18.7. The standard InChI is InChI=1S/C52H34/c1-31-23-25-45-41(27-31)37-17-7-9-19-43(37)51(45)47-21-11-12-22-48(47)52(44-20-10-8-18-38(44)42-28-32(2)24-26-46(42)52)50-30-40-36-16-6-4-14-34(36)33-13-3-5-15-35(33)39(40)29-49(50)51/h3-30H,1-2H3.